The molecule has 0 spiro atoms. The zero-order valence-electron chi connectivity index (χ0n) is 10.5. The quantitative estimate of drug-likeness (QED) is 0.844. The van der Waals surface area contributed by atoms with Crippen molar-refractivity contribution in [3.05, 3.63) is 40.3 Å². The van der Waals surface area contributed by atoms with Crippen molar-refractivity contribution in [2.75, 3.05) is 5.73 Å². The molecule has 0 saturated heterocycles. The van der Waals surface area contributed by atoms with Crippen LogP contribution >= 0.6 is 11.6 Å². The fraction of sp³-hybridized carbons (Fsp3) is 0.231. The molecule has 94 valence electrons. The predicted molar refractivity (Wildman–Crippen MR) is 72.2 cm³/mol. The van der Waals surface area contributed by atoms with Crippen LogP contribution in [-0.2, 0) is 0 Å². The minimum Gasteiger partial charge on any atom is -0.437 e. The average Bonchev–Trinajstić information content (AvgIpc) is 2.29. The van der Waals surface area contributed by atoms with E-state index >= 15 is 0 Å². The van der Waals surface area contributed by atoms with Gasteiger partial charge in [0.1, 0.15) is 11.4 Å². The van der Waals surface area contributed by atoms with E-state index in [0.29, 0.717) is 23.0 Å². The van der Waals surface area contributed by atoms with Crippen LogP contribution in [0.1, 0.15) is 16.8 Å². The van der Waals surface area contributed by atoms with Crippen LogP contribution < -0.4 is 10.5 Å². The number of halogens is 1. The van der Waals surface area contributed by atoms with Gasteiger partial charge >= 0.3 is 0 Å². The Bertz CT molecular complexity index is 599. The lowest BCUT2D eigenvalue weighted by Gasteiger charge is -2.11. The molecule has 4 nitrogen and oxygen atoms in total. The minimum atomic E-state index is 0.126. The summed E-state index contributed by atoms with van der Waals surface area (Å²) in [4.78, 5) is 7.96. The number of aryl methyl sites for hydroxylation is 3. The number of hydrogen-bond donors (Lipinski definition) is 1. The molecule has 2 N–H and O–H groups in total. The highest BCUT2D eigenvalue weighted by atomic mass is 35.5. The van der Waals surface area contributed by atoms with Gasteiger partial charge in [0.2, 0.25) is 11.2 Å². The normalized spacial score (nSPS) is 10.4. The third-order valence-corrected chi connectivity index (χ3v) is 2.78. The molecule has 0 unspecified atom stereocenters. The number of hydrogen-bond acceptors (Lipinski definition) is 4. The van der Waals surface area contributed by atoms with Gasteiger partial charge in [0.25, 0.3) is 0 Å². The van der Waals surface area contributed by atoms with Crippen molar-refractivity contribution in [3.63, 3.8) is 0 Å². The third-order valence-electron chi connectivity index (χ3n) is 2.61. The maximum Gasteiger partial charge on any atom is 0.247 e. The molecule has 0 radical (unpaired) electrons. The topological polar surface area (TPSA) is 61.0 Å². The van der Waals surface area contributed by atoms with Crippen molar-refractivity contribution in [2.24, 2.45) is 0 Å². The lowest BCUT2D eigenvalue weighted by molar-refractivity contribution is 0.460. The van der Waals surface area contributed by atoms with Gasteiger partial charge in [-0.25, -0.2) is 4.98 Å². The van der Waals surface area contributed by atoms with Gasteiger partial charge in [0, 0.05) is 0 Å². The van der Waals surface area contributed by atoms with E-state index in [1.165, 1.54) is 5.56 Å². The predicted octanol–water partition coefficient (Wildman–Crippen LogP) is 3.43. The van der Waals surface area contributed by atoms with E-state index in [1.54, 1.807) is 6.92 Å². The van der Waals surface area contributed by atoms with Crippen LogP contribution in [0.2, 0.25) is 5.28 Å². The molecule has 0 amide bonds. The lowest BCUT2D eigenvalue weighted by atomic mass is 10.1. The van der Waals surface area contributed by atoms with Gasteiger partial charge in [-0.3, -0.25) is 0 Å². The van der Waals surface area contributed by atoms with E-state index in [2.05, 4.69) is 9.97 Å². The smallest absolute Gasteiger partial charge is 0.247 e. The summed E-state index contributed by atoms with van der Waals surface area (Å²) in [5.74, 6) is 1.00. The first-order chi connectivity index (χ1) is 8.47. The minimum absolute atomic E-state index is 0.126. The van der Waals surface area contributed by atoms with Crippen LogP contribution in [0.3, 0.4) is 0 Å². The summed E-state index contributed by atoms with van der Waals surface area (Å²) in [7, 11) is 0. The Morgan fingerprint density at radius 1 is 1.17 bits per heavy atom. The Hall–Kier alpha value is -1.81. The highest BCUT2D eigenvalue weighted by Crippen LogP contribution is 2.30. The highest BCUT2D eigenvalue weighted by Gasteiger charge is 2.11. The number of aromatic nitrogens is 2. The highest BCUT2D eigenvalue weighted by molar-refractivity contribution is 6.28. The Kier molecular flexibility index (Phi) is 3.39. The summed E-state index contributed by atoms with van der Waals surface area (Å²) in [6.07, 6.45) is 0. The van der Waals surface area contributed by atoms with Crippen molar-refractivity contribution in [2.45, 2.75) is 20.8 Å². The largest absolute Gasteiger partial charge is 0.437 e. The number of nitrogens with two attached hydrogens (primary N) is 1. The second-order valence-electron chi connectivity index (χ2n) is 4.17. The molecule has 5 heteroatoms. The summed E-state index contributed by atoms with van der Waals surface area (Å²) in [5.41, 5.74) is 9.07. The molecule has 1 heterocycles. The summed E-state index contributed by atoms with van der Waals surface area (Å²) >= 11 is 5.80. The molecule has 0 aliphatic carbocycles. The SMILES string of the molecule is Cc1ccc(Oc2nc(Cl)nc(C)c2N)c(C)c1. The van der Waals surface area contributed by atoms with Gasteiger partial charge in [-0.2, -0.15) is 4.98 Å². The first kappa shape index (κ1) is 12.6. The Morgan fingerprint density at radius 3 is 2.56 bits per heavy atom. The lowest BCUT2D eigenvalue weighted by Crippen LogP contribution is -2.01. The molecule has 1 aromatic heterocycles. The number of nitrogens with zero attached hydrogens (tertiary/aromatic N) is 2. The zero-order valence-corrected chi connectivity index (χ0v) is 11.2. The van der Waals surface area contributed by atoms with Gasteiger partial charge in [0.15, 0.2) is 0 Å². The molecule has 18 heavy (non-hydrogen) atoms. The molecule has 2 rings (SSSR count). The standard InChI is InChI=1S/C13H14ClN3O/c1-7-4-5-10(8(2)6-7)18-12-11(15)9(3)16-13(14)17-12/h4-6H,15H2,1-3H3. The van der Waals surface area contributed by atoms with E-state index in [1.807, 2.05) is 32.0 Å². The number of nitrogen functional groups attached to an aromatic ring is 1. The van der Waals surface area contributed by atoms with Crippen molar-refractivity contribution in [1.29, 1.82) is 0 Å². The van der Waals surface area contributed by atoms with Crippen molar-refractivity contribution < 1.29 is 4.74 Å². The molecule has 0 aliphatic rings. The zero-order chi connectivity index (χ0) is 13.3. The first-order valence-electron chi connectivity index (χ1n) is 5.52. The van der Waals surface area contributed by atoms with Crippen LogP contribution in [0.4, 0.5) is 5.69 Å². The van der Waals surface area contributed by atoms with Crippen molar-refractivity contribution in [1.82, 2.24) is 9.97 Å². The van der Waals surface area contributed by atoms with Gasteiger partial charge in [0.05, 0.1) is 5.69 Å². The number of anilines is 1. The summed E-state index contributed by atoms with van der Waals surface area (Å²) in [6, 6.07) is 5.88. The van der Waals surface area contributed by atoms with Gasteiger partial charge < -0.3 is 10.5 Å². The van der Waals surface area contributed by atoms with Crippen LogP contribution in [0.25, 0.3) is 0 Å². The molecular formula is C13H14ClN3O. The second-order valence-corrected chi connectivity index (χ2v) is 4.51. The van der Waals surface area contributed by atoms with Gasteiger partial charge in [-0.15, -0.1) is 0 Å². The van der Waals surface area contributed by atoms with E-state index < -0.39 is 0 Å². The monoisotopic (exact) mass is 263 g/mol. The van der Waals surface area contributed by atoms with E-state index in [-0.39, 0.29) is 5.28 Å². The number of rotatable bonds is 2. The van der Waals surface area contributed by atoms with E-state index in [9.17, 15) is 0 Å². The molecular weight excluding hydrogens is 250 g/mol. The molecule has 1 aromatic carbocycles. The summed E-state index contributed by atoms with van der Waals surface area (Å²) < 4.78 is 5.70. The molecule has 2 aromatic rings. The maximum absolute atomic E-state index is 5.87. The fourth-order valence-electron chi connectivity index (χ4n) is 1.62. The molecule has 0 fully saturated rings. The Labute approximate surface area is 111 Å². The Balaban J connectivity index is 2.40. The molecule has 0 aliphatic heterocycles. The van der Waals surface area contributed by atoms with E-state index in [4.69, 9.17) is 22.1 Å². The van der Waals surface area contributed by atoms with E-state index in [0.717, 1.165) is 5.56 Å². The summed E-state index contributed by atoms with van der Waals surface area (Å²) in [6.45, 7) is 5.75. The van der Waals surface area contributed by atoms with Crippen LogP contribution in [0.15, 0.2) is 18.2 Å². The maximum atomic E-state index is 5.87. The van der Waals surface area contributed by atoms with Crippen molar-refractivity contribution in [3.8, 4) is 11.6 Å². The molecule has 0 bridgehead atoms. The Morgan fingerprint density at radius 2 is 1.89 bits per heavy atom. The van der Waals surface area contributed by atoms with Crippen LogP contribution in [0, 0.1) is 20.8 Å². The fourth-order valence-corrected chi connectivity index (χ4v) is 1.82. The van der Waals surface area contributed by atoms with Crippen LogP contribution in [0.5, 0.6) is 11.6 Å². The third kappa shape index (κ3) is 2.54. The average molecular weight is 264 g/mol. The number of benzene rings is 1. The molecule has 0 atom stereocenters. The number of ether oxygens (including phenoxy) is 1. The van der Waals surface area contributed by atoms with Gasteiger partial charge in [-0.1, -0.05) is 17.7 Å². The van der Waals surface area contributed by atoms with Crippen LogP contribution in [-0.4, -0.2) is 9.97 Å². The summed E-state index contributed by atoms with van der Waals surface area (Å²) in [5, 5.41) is 0.126. The van der Waals surface area contributed by atoms with Gasteiger partial charge in [-0.05, 0) is 44.0 Å². The first-order valence-corrected chi connectivity index (χ1v) is 5.90. The second kappa shape index (κ2) is 4.82. The van der Waals surface area contributed by atoms with Crippen molar-refractivity contribution >= 4 is 17.3 Å². The molecule has 0 saturated carbocycles.